The third kappa shape index (κ3) is 2.77. The molecule has 0 bridgehead atoms. The van der Waals surface area contributed by atoms with Gasteiger partial charge in [0.05, 0.1) is 5.57 Å². The van der Waals surface area contributed by atoms with Gasteiger partial charge in [-0.15, -0.1) is 0 Å². The summed E-state index contributed by atoms with van der Waals surface area (Å²) in [6, 6.07) is 13.3. The molecule has 4 nitrogen and oxygen atoms in total. The fraction of sp³-hybridized carbons (Fsp3) is 0. The molecule has 1 aromatic carbocycles. The first-order chi connectivity index (χ1) is 9.26. The molecule has 0 aliphatic heterocycles. The van der Waals surface area contributed by atoms with Gasteiger partial charge in [0.25, 0.3) is 0 Å². The average molecular weight is 267 g/mol. The molecule has 0 aliphatic rings. The van der Waals surface area contributed by atoms with E-state index in [2.05, 4.69) is 9.97 Å². The highest BCUT2D eigenvalue weighted by Gasteiger charge is 2.13. The normalized spacial score (nSPS) is 10.6. The zero-order valence-electron chi connectivity index (χ0n) is 9.71. The van der Waals surface area contributed by atoms with Crippen molar-refractivity contribution in [2.45, 2.75) is 0 Å². The van der Waals surface area contributed by atoms with Crippen LogP contribution < -0.4 is 0 Å². The Morgan fingerprint density at radius 3 is 2.53 bits per heavy atom. The van der Waals surface area contributed by atoms with Crippen LogP contribution in [-0.2, 0) is 0 Å². The number of rotatable bonds is 2. The van der Waals surface area contributed by atoms with Crippen LogP contribution in [0.3, 0.4) is 0 Å². The molecule has 5 heteroatoms. The first-order valence-corrected chi connectivity index (χ1v) is 5.72. The fourth-order valence-electron chi connectivity index (χ4n) is 1.54. The Labute approximate surface area is 115 Å². The molecule has 0 N–H and O–H groups in total. The number of nitriles is 2. The van der Waals surface area contributed by atoms with Gasteiger partial charge >= 0.3 is 0 Å². The van der Waals surface area contributed by atoms with Crippen LogP contribution in [0.15, 0.2) is 36.7 Å². The molecular formula is C14H7ClN4. The van der Waals surface area contributed by atoms with Crippen molar-refractivity contribution in [1.29, 1.82) is 10.5 Å². The summed E-state index contributed by atoms with van der Waals surface area (Å²) in [6.45, 7) is 0. The highest BCUT2D eigenvalue weighted by Crippen LogP contribution is 2.22. The third-order valence-electron chi connectivity index (χ3n) is 2.40. The van der Waals surface area contributed by atoms with Crippen molar-refractivity contribution in [3.8, 4) is 12.1 Å². The van der Waals surface area contributed by atoms with Gasteiger partial charge in [0.15, 0.2) is 5.15 Å². The Morgan fingerprint density at radius 2 is 1.89 bits per heavy atom. The Kier molecular flexibility index (Phi) is 3.87. The Morgan fingerprint density at radius 1 is 1.16 bits per heavy atom. The Balaban J connectivity index is 2.57. The van der Waals surface area contributed by atoms with E-state index in [0.29, 0.717) is 0 Å². The molecule has 2 aromatic rings. The SMILES string of the molecule is N#CC(=Cc1ccccc1)c1ncnc(Cl)c1C#N. The lowest BCUT2D eigenvalue weighted by molar-refractivity contribution is 1.13. The van der Waals surface area contributed by atoms with Gasteiger partial charge in [0, 0.05) is 0 Å². The fourth-order valence-corrected chi connectivity index (χ4v) is 1.71. The molecule has 19 heavy (non-hydrogen) atoms. The molecule has 0 saturated heterocycles. The minimum absolute atomic E-state index is 0.0433. The lowest BCUT2D eigenvalue weighted by atomic mass is 10.1. The molecule has 0 unspecified atom stereocenters. The van der Waals surface area contributed by atoms with E-state index in [1.807, 2.05) is 42.5 Å². The van der Waals surface area contributed by atoms with Gasteiger partial charge in [-0.05, 0) is 11.6 Å². The largest absolute Gasteiger partial charge is 0.234 e. The van der Waals surface area contributed by atoms with E-state index < -0.39 is 0 Å². The Bertz CT molecular complexity index is 708. The monoisotopic (exact) mass is 266 g/mol. The van der Waals surface area contributed by atoms with Crippen molar-refractivity contribution >= 4 is 23.3 Å². The first-order valence-electron chi connectivity index (χ1n) is 5.34. The first kappa shape index (κ1) is 12.8. The summed E-state index contributed by atoms with van der Waals surface area (Å²) < 4.78 is 0. The molecular weight excluding hydrogens is 260 g/mol. The predicted octanol–water partition coefficient (Wildman–Crippen LogP) is 3.07. The lowest BCUT2D eigenvalue weighted by Crippen LogP contribution is -1.96. The number of hydrogen-bond donors (Lipinski definition) is 0. The molecule has 0 saturated carbocycles. The summed E-state index contributed by atoms with van der Waals surface area (Å²) >= 11 is 5.82. The third-order valence-corrected chi connectivity index (χ3v) is 2.69. The van der Waals surface area contributed by atoms with Crippen LogP contribution in [-0.4, -0.2) is 9.97 Å². The van der Waals surface area contributed by atoms with Crippen molar-refractivity contribution in [3.63, 3.8) is 0 Å². The summed E-state index contributed by atoms with van der Waals surface area (Å²) in [5, 5.41) is 18.3. The molecule has 0 fully saturated rings. The van der Waals surface area contributed by atoms with E-state index >= 15 is 0 Å². The standard InChI is InChI=1S/C14H7ClN4/c15-14-12(8-17)13(18-9-19-14)11(7-16)6-10-4-2-1-3-5-10/h1-6,9H. The maximum absolute atomic E-state index is 9.22. The molecule has 0 spiro atoms. The minimum atomic E-state index is 0.0433. The van der Waals surface area contributed by atoms with E-state index in [1.165, 1.54) is 6.33 Å². The molecule has 90 valence electrons. The van der Waals surface area contributed by atoms with Crippen LogP contribution in [0.2, 0.25) is 5.15 Å². The van der Waals surface area contributed by atoms with E-state index in [0.717, 1.165) is 5.56 Å². The number of benzene rings is 1. The Hall–Kier alpha value is -2.69. The van der Waals surface area contributed by atoms with Crippen molar-refractivity contribution in [2.24, 2.45) is 0 Å². The van der Waals surface area contributed by atoms with Gasteiger partial charge in [0.1, 0.15) is 29.7 Å². The number of hydrogen-bond acceptors (Lipinski definition) is 4. The zero-order valence-corrected chi connectivity index (χ0v) is 10.5. The second kappa shape index (κ2) is 5.77. The van der Waals surface area contributed by atoms with Crippen molar-refractivity contribution < 1.29 is 0 Å². The summed E-state index contributed by atoms with van der Waals surface area (Å²) in [4.78, 5) is 7.70. The zero-order chi connectivity index (χ0) is 13.7. The van der Waals surface area contributed by atoms with Crippen molar-refractivity contribution in [2.75, 3.05) is 0 Å². The molecule has 1 heterocycles. The number of halogens is 1. The van der Waals surface area contributed by atoms with Gasteiger partial charge in [-0.2, -0.15) is 10.5 Å². The van der Waals surface area contributed by atoms with Gasteiger partial charge in [-0.3, -0.25) is 0 Å². The summed E-state index contributed by atoms with van der Waals surface area (Å²) in [6.07, 6.45) is 2.88. The van der Waals surface area contributed by atoms with Crippen LogP contribution in [0.4, 0.5) is 0 Å². The quantitative estimate of drug-likeness (QED) is 0.618. The van der Waals surface area contributed by atoms with E-state index in [4.69, 9.17) is 16.9 Å². The topological polar surface area (TPSA) is 73.4 Å². The van der Waals surface area contributed by atoms with E-state index in [1.54, 1.807) is 6.08 Å². The lowest BCUT2D eigenvalue weighted by Gasteiger charge is -2.02. The van der Waals surface area contributed by atoms with Crippen LogP contribution in [0.25, 0.3) is 11.6 Å². The molecule has 0 amide bonds. The molecule has 0 radical (unpaired) electrons. The maximum Gasteiger partial charge on any atom is 0.150 e. The van der Waals surface area contributed by atoms with Gasteiger partial charge in [0.2, 0.25) is 0 Å². The average Bonchev–Trinajstić information content (AvgIpc) is 2.45. The van der Waals surface area contributed by atoms with E-state index in [-0.39, 0.29) is 22.0 Å². The summed E-state index contributed by atoms with van der Waals surface area (Å²) in [5.74, 6) is 0. The molecule has 1 aromatic heterocycles. The van der Waals surface area contributed by atoms with Crippen LogP contribution >= 0.6 is 11.6 Å². The molecule has 0 aliphatic carbocycles. The predicted molar refractivity (Wildman–Crippen MR) is 71.7 cm³/mol. The van der Waals surface area contributed by atoms with Gasteiger partial charge < -0.3 is 0 Å². The van der Waals surface area contributed by atoms with Crippen molar-refractivity contribution in [3.05, 3.63) is 58.6 Å². The number of nitrogens with zero attached hydrogens (tertiary/aromatic N) is 4. The number of allylic oxidation sites excluding steroid dienone is 1. The summed E-state index contributed by atoms with van der Waals surface area (Å²) in [5.41, 5.74) is 1.46. The highest BCUT2D eigenvalue weighted by atomic mass is 35.5. The smallest absolute Gasteiger partial charge is 0.150 e. The number of aromatic nitrogens is 2. The van der Waals surface area contributed by atoms with Gasteiger partial charge in [-0.1, -0.05) is 41.9 Å². The highest BCUT2D eigenvalue weighted by molar-refractivity contribution is 6.30. The molecule has 0 atom stereocenters. The second-order valence-corrected chi connectivity index (χ2v) is 3.94. The second-order valence-electron chi connectivity index (χ2n) is 3.58. The summed E-state index contributed by atoms with van der Waals surface area (Å²) in [7, 11) is 0. The van der Waals surface area contributed by atoms with Crippen LogP contribution in [0.5, 0.6) is 0 Å². The van der Waals surface area contributed by atoms with Crippen LogP contribution in [0, 0.1) is 22.7 Å². The van der Waals surface area contributed by atoms with Crippen molar-refractivity contribution in [1.82, 2.24) is 9.97 Å². The van der Waals surface area contributed by atoms with Gasteiger partial charge in [-0.25, -0.2) is 9.97 Å². The minimum Gasteiger partial charge on any atom is -0.234 e. The van der Waals surface area contributed by atoms with Crippen LogP contribution in [0.1, 0.15) is 16.8 Å². The van der Waals surface area contributed by atoms with E-state index in [9.17, 15) is 5.26 Å². The maximum atomic E-state index is 9.22. The molecule has 2 rings (SSSR count).